The molecule has 0 saturated heterocycles. The summed E-state index contributed by atoms with van der Waals surface area (Å²) in [5.41, 5.74) is 5.94. The van der Waals surface area contributed by atoms with Gasteiger partial charge in [0, 0.05) is 6.54 Å². The van der Waals surface area contributed by atoms with Crippen LogP contribution in [-0.4, -0.2) is 18.5 Å². The second-order valence-corrected chi connectivity index (χ2v) is 5.41. The van der Waals surface area contributed by atoms with Gasteiger partial charge in [-0.2, -0.15) is 0 Å². The Morgan fingerprint density at radius 3 is 2.33 bits per heavy atom. The molecule has 0 aliphatic heterocycles. The third-order valence-electron chi connectivity index (χ3n) is 3.00. The van der Waals surface area contributed by atoms with E-state index in [4.69, 9.17) is 5.73 Å². The van der Waals surface area contributed by atoms with Gasteiger partial charge < -0.3 is 11.1 Å². The fourth-order valence-electron chi connectivity index (χ4n) is 1.13. The first-order valence-electron chi connectivity index (χ1n) is 5.82. The van der Waals surface area contributed by atoms with Gasteiger partial charge in [0.25, 0.3) is 0 Å². The largest absolute Gasteiger partial charge is 0.354 e. The molecule has 0 aliphatic rings. The Morgan fingerprint density at radius 1 is 1.40 bits per heavy atom. The molecule has 0 aromatic carbocycles. The molecule has 15 heavy (non-hydrogen) atoms. The van der Waals surface area contributed by atoms with Crippen molar-refractivity contribution in [3.8, 4) is 0 Å². The minimum atomic E-state index is -0.345. The molecule has 3 N–H and O–H groups in total. The van der Waals surface area contributed by atoms with Crippen molar-refractivity contribution in [2.75, 3.05) is 6.54 Å². The number of hydrogen-bond donors (Lipinski definition) is 2. The Balaban J connectivity index is 3.90. The summed E-state index contributed by atoms with van der Waals surface area (Å²) in [5.74, 6) is 0.434. The number of amides is 1. The van der Waals surface area contributed by atoms with Gasteiger partial charge in [-0.3, -0.25) is 4.79 Å². The molecule has 0 spiro atoms. The first kappa shape index (κ1) is 14.4. The van der Waals surface area contributed by atoms with Crippen LogP contribution in [0.1, 0.15) is 47.5 Å². The molecule has 3 nitrogen and oxygen atoms in total. The zero-order chi connectivity index (χ0) is 12.1. The van der Waals surface area contributed by atoms with E-state index in [2.05, 4.69) is 33.0 Å². The highest BCUT2D eigenvalue weighted by Crippen LogP contribution is 2.24. The molecule has 0 aromatic rings. The van der Waals surface area contributed by atoms with Crippen molar-refractivity contribution in [1.82, 2.24) is 5.32 Å². The van der Waals surface area contributed by atoms with E-state index in [0.29, 0.717) is 12.5 Å². The van der Waals surface area contributed by atoms with Crippen molar-refractivity contribution in [2.45, 2.75) is 53.5 Å². The van der Waals surface area contributed by atoms with Crippen LogP contribution in [0.15, 0.2) is 0 Å². The minimum Gasteiger partial charge on any atom is -0.354 e. The van der Waals surface area contributed by atoms with Gasteiger partial charge in [-0.05, 0) is 17.8 Å². The first-order chi connectivity index (χ1) is 6.79. The molecular formula is C12H26N2O. The predicted molar refractivity (Wildman–Crippen MR) is 64.5 cm³/mol. The summed E-state index contributed by atoms with van der Waals surface area (Å²) in [6.07, 6.45) is 1.71. The molecule has 0 rings (SSSR count). The summed E-state index contributed by atoms with van der Waals surface area (Å²) in [4.78, 5) is 11.5. The van der Waals surface area contributed by atoms with Gasteiger partial charge in [0.15, 0.2) is 0 Å². The van der Waals surface area contributed by atoms with E-state index in [1.54, 1.807) is 0 Å². The second-order valence-electron chi connectivity index (χ2n) is 5.41. The standard InChI is InChI=1S/C12H26N2O/c1-6-7-10(13)11(15)14-8-9(2)12(3,4)5/h9-10H,6-8,13H2,1-5H3,(H,14,15). The molecule has 2 unspecified atom stereocenters. The van der Waals surface area contributed by atoms with E-state index >= 15 is 0 Å². The molecule has 2 atom stereocenters. The lowest BCUT2D eigenvalue weighted by atomic mass is 9.82. The second kappa shape index (κ2) is 6.11. The monoisotopic (exact) mass is 214 g/mol. The highest BCUT2D eigenvalue weighted by molar-refractivity contribution is 5.81. The number of hydrogen-bond acceptors (Lipinski definition) is 2. The number of carbonyl (C=O) groups is 1. The normalized spacial score (nSPS) is 15.9. The molecular weight excluding hydrogens is 188 g/mol. The lowest BCUT2D eigenvalue weighted by Gasteiger charge is -2.27. The molecule has 0 bridgehead atoms. The quantitative estimate of drug-likeness (QED) is 0.734. The van der Waals surface area contributed by atoms with Crippen LogP contribution >= 0.6 is 0 Å². The topological polar surface area (TPSA) is 55.1 Å². The average Bonchev–Trinajstić information content (AvgIpc) is 2.12. The lowest BCUT2D eigenvalue weighted by Crippen LogP contribution is -2.43. The first-order valence-corrected chi connectivity index (χ1v) is 5.82. The van der Waals surface area contributed by atoms with Gasteiger partial charge in [-0.15, -0.1) is 0 Å². The van der Waals surface area contributed by atoms with Crippen LogP contribution in [0.4, 0.5) is 0 Å². The molecule has 0 aromatic heterocycles. The lowest BCUT2D eigenvalue weighted by molar-refractivity contribution is -0.122. The molecule has 3 heteroatoms. The van der Waals surface area contributed by atoms with Crippen molar-refractivity contribution in [3.63, 3.8) is 0 Å². The van der Waals surface area contributed by atoms with Gasteiger partial charge in [-0.1, -0.05) is 41.0 Å². The summed E-state index contributed by atoms with van der Waals surface area (Å²) in [6, 6.07) is -0.345. The number of carbonyl (C=O) groups excluding carboxylic acids is 1. The Hall–Kier alpha value is -0.570. The number of nitrogens with two attached hydrogens (primary N) is 1. The molecule has 1 amide bonds. The fraction of sp³-hybridized carbons (Fsp3) is 0.917. The van der Waals surface area contributed by atoms with E-state index < -0.39 is 0 Å². The maximum Gasteiger partial charge on any atom is 0.236 e. The number of nitrogens with one attached hydrogen (secondary N) is 1. The van der Waals surface area contributed by atoms with Crippen LogP contribution in [0.2, 0.25) is 0 Å². The summed E-state index contributed by atoms with van der Waals surface area (Å²) in [5, 5.41) is 2.91. The summed E-state index contributed by atoms with van der Waals surface area (Å²) in [7, 11) is 0. The third kappa shape index (κ3) is 5.78. The SMILES string of the molecule is CCCC(N)C(=O)NCC(C)C(C)(C)C. The van der Waals surface area contributed by atoms with E-state index in [1.165, 1.54) is 0 Å². The third-order valence-corrected chi connectivity index (χ3v) is 3.00. The molecule has 0 aliphatic carbocycles. The van der Waals surface area contributed by atoms with E-state index in [0.717, 1.165) is 12.8 Å². The smallest absolute Gasteiger partial charge is 0.236 e. The molecule has 0 radical (unpaired) electrons. The Bertz CT molecular complexity index is 196. The van der Waals surface area contributed by atoms with Crippen LogP contribution in [0.5, 0.6) is 0 Å². The molecule has 0 fully saturated rings. The fourth-order valence-corrected chi connectivity index (χ4v) is 1.13. The molecule has 90 valence electrons. The van der Waals surface area contributed by atoms with Crippen molar-refractivity contribution in [1.29, 1.82) is 0 Å². The maximum atomic E-state index is 11.5. The van der Waals surface area contributed by atoms with Crippen LogP contribution in [0, 0.1) is 11.3 Å². The highest BCUT2D eigenvalue weighted by atomic mass is 16.2. The van der Waals surface area contributed by atoms with Crippen LogP contribution < -0.4 is 11.1 Å². The summed E-state index contributed by atoms with van der Waals surface area (Å²) in [6.45, 7) is 11.4. The van der Waals surface area contributed by atoms with Gasteiger partial charge in [0.05, 0.1) is 6.04 Å². The Labute approximate surface area is 93.8 Å². The van der Waals surface area contributed by atoms with Gasteiger partial charge >= 0.3 is 0 Å². The highest BCUT2D eigenvalue weighted by Gasteiger charge is 2.21. The van der Waals surface area contributed by atoms with E-state index in [1.807, 2.05) is 6.92 Å². The Kier molecular flexibility index (Phi) is 5.88. The maximum absolute atomic E-state index is 11.5. The minimum absolute atomic E-state index is 0.0204. The van der Waals surface area contributed by atoms with Gasteiger partial charge in [0.1, 0.15) is 0 Å². The summed E-state index contributed by atoms with van der Waals surface area (Å²) >= 11 is 0. The van der Waals surface area contributed by atoms with Crippen molar-refractivity contribution in [2.24, 2.45) is 17.1 Å². The predicted octanol–water partition coefficient (Wildman–Crippen LogP) is 1.91. The molecule has 0 saturated carbocycles. The van der Waals surface area contributed by atoms with Crippen molar-refractivity contribution in [3.05, 3.63) is 0 Å². The van der Waals surface area contributed by atoms with E-state index in [9.17, 15) is 4.79 Å². The number of rotatable bonds is 5. The molecule has 0 heterocycles. The van der Waals surface area contributed by atoms with Crippen LogP contribution in [0.25, 0.3) is 0 Å². The zero-order valence-electron chi connectivity index (χ0n) is 10.8. The zero-order valence-corrected chi connectivity index (χ0v) is 10.8. The van der Waals surface area contributed by atoms with Crippen molar-refractivity contribution >= 4 is 5.91 Å². The van der Waals surface area contributed by atoms with Crippen LogP contribution in [0.3, 0.4) is 0 Å². The van der Waals surface area contributed by atoms with Crippen LogP contribution in [-0.2, 0) is 4.79 Å². The van der Waals surface area contributed by atoms with Gasteiger partial charge in [-0.25, -0.2) is 0 Å². The average molecular weight is 214 g/mol. The van der Waals surface area contributed by atoms with Gasteiger partial charge in [0.2, 0.25) is 5.91 Å². The van der Waals surface area contributed by atoms with E-state index in [-0.39, 0.29) is 17.4 Å². The van der Waals surface area contributed by atoms with Crippen molar-refractivity contribution < 1.29 is 4.79 Å². The summed E-state index contributed by atoms with van der Waals surface area (Å²) < 4.78 is 0. The Morgan fingerprint density at radius 2 is 1.93 bits per heavy atom.